The van der Waals surface area contributed by atoms with Gasteiger partial charge in [-0.2, -0.15) is 0 Å². The quantitative estimate of drug-likeness (QED) is 0.552. The number of carboxylic acids is 1. The van der Waals surface area contributed by atoms with Gasteiger partial charge in [0.05, 0.1) is 0 Å². The number of amides is 1. The molecule has 0 radical (unpaired) electrons. The van der Waals surface area contributed by atoms with E-state index in [2.05, 4.69) is 5.32 Å². The van der Waals surface area contributed by atoms with Gasteiger partial charge in [0.25, 0.3) is 0 Å². The van der Waals surface area contributed by atoms with Crippen molar-refractivity contribution in [2.45, 2.75) is 46.5 Å². The number of carboxylic acid groups (broad SMARTS) is 1. The van der Waals surface area contributed by atoms with Crippen LogP contribution in [-0.2, 0) is 9.59 Å². The van der Waals surface area contributed by atoms with Gasteiger partial charge in [-0.15, -0.1) is 0 Å². The Kier molecular flexibility index (Phi) is 4.32. The molecule has 1 unspecified atom stereocenters. The lowest BCUT2D eigenvalue weighted by Gasteiger charge is -2.07. The van der Waals surface area contributed by atoms with Crippen LogP contribution in [0.5, 0.6) is 0 Å². The maximum atomic E-state index is 11.8. The molecule has 2 N–H and O–H groups in total. The summed E-state index contributed by atoms with van der Waals surface area (Å²) in [6.45, 7) is 6.07. The molecule has 0 spiro atoms. The number of hydrogen-bond acceptors (Lipinski definition) is 2. The monoisotopic (exact) mass is 239 g/mol. The highest BCUT2D eigenvalue weighted by atomic mass is 16.4. The average molecular weight is 239 g/mol. The van der Waals surface area contributed by atoms with Crippen LogP contribution < -0.4 is 5.32 Å². The van der Waals surface area contributed by atoms with E-state index in [9.17, 15) is 9.59 Å². The van der Waals surface area contributed by atoms with Crippen molar-refractivity contribution in [1.82, 2.24) is 5.32 Å². The van der Waals surface area contributed by atoms with E-state index in [1.807, 2.05) is 20.8 Å². The predicted molar refractivity (Wildman–Crippen MR) is 65.3 cm³/mol. The highest BCUT2D eigenvalue weighted by molar-refractivity contribution is 5.94. The molecule has 96 valence electrons. The molecule has 4 heteroatoms. The molecule has 1 fully saturated rings. The van der Waals surface area contributed by atoms with E-state index < -0.39 is 5.97 Å². The minimum atomic E-state index is -1.06. The highest BCUT2D eigenvalue weighted by Gasteiger charge is 2.50. The molecule has 0 bridgehead atoms. The maximum Gasteiger partial charge on any atom is 0.352 e. The van der Waals surface area contributed by atoms with E-state index >= 15 is 0 Å². The Balaban J connectivity index is 2.53. The molecule has 0 aromatic rings. The van der Waals surface area contributed by atoms with Gasteiger partial charge in [-0.05, 0) is 24.7 Å². The number of hydrogen-bond donors (Lipinski definition) is 2. The van der Waals surface area contributed by atoms with Crippen molar-refractivity contribution in [1.29, 1.82) is 0 Å². The lowest BCUT2D eigenvalue weighted by atomic mass is 10.1. The predicted octanol–water partition coefficient (Wildman–Crippen LogP) is 2.31. The summed E-state index contributed by atoms with van der Waals surface area (Å²) in [6, 6.07) is 0. The second kappa shape index (κ2) is 5.34. The highest BCUT2D eigenvalue weighted by Crippen LogP contribution is 2.51. The first kappa shape index (κ1) is 13.7. The third kappa shape index (κ3) is 3.88. The second-order valence-electron chi connectivity index (χ2n) is 5.30. The second-order valence-corrected chi connectivity index (χ2v) is 5.30. The summed E-state index contributed by atoms with van der Waals surface area (Å²) >= 11 is 0. The fraction of sp³-hybridized carbons (Fsp3) is 0.692. The lowest BCUT2D eigenvalue weighted by Crippen LogP contribution is -2.29. The average Bonchev–Trinajstić information content (AvgIpc) is 2.86. The van der Waals surface area contributed by atoms with E-state index in [0.717, 1.165) is 19.3 Å². The zero-order chi connectivity index (χ0) is 13.1. The van der Waals surface area contributed by atoms with Crippen molar-refractivity contribution in [3.63, 3.8) is 0 Å². The van der Waals surface area contributed by atoms with Crippen molar-refractivity contribution in [2.24, 2.45) is 11.3 Å². The largest absolute Gasteiger partial charge is 0.477 e. The van der Waals surface area contributed by atoms with E-state index in [1.165, 1.54) is 0 Å². The molecule has 1 saturated carbocycles. The third-order valence-corrected chi connectivity index (χ3v) is 3.22. The number of nitrogens with one attached hydrogen (secondary N) is 1. The maximum absolute atomic E-state index is 11.8. The fourth-order valence-electron chi connectivity index (χ4n) is 1.78. The number of carbonyl (C=O) groups excluding carboxylic acids is 1. The van der Waals surface area contributed by atoms with Crippen LogP contribution in [0.1, 0.15) is 46.5 Å². The van der Waals surface area contributed by atoms with Crippen LogP contribution >= 0.6 is 0 Å². The summed E-state index contributed by atoms with van der Waals surface area (Å²) in [5.41, 5.74) is 0.0445. The van der Waals surface area contributed by atoms with Crippen molar-refractivity contribution in [3.05, 3.63) is 11.8 Å². The van der Waals surface area contributed by atoms with Gasteiger partial charge in [-0.25, -0.2) is 4.79 Å². The Morgan fingerprint density at radius 3 is 2.47 bits per heavy atom. The minimum absolute atomic E-state index is 0.0196. The van der Waals surface area contributed by atoms with E-state index in [0.29, 0.717) is 6.42 Å². The third-order valence-electron chi connectivity index (χ3n) is 3.22. The van der Waals surface area contributed by atoms with Gasteiger partial charge in [0.15, 0.2) is 0 Å². The molecule has 0 aromatic heterocycles. The molecule has 1 atom stereocenters. The van der Waals surface area contributed by atoms with Crippen molar-refractivity contribution >= 4 is 11.9 Å². The standard InChI is InChI=1S/C13H21NO3/c1-4-5-6-7-10(12(16)17)14-11(15)9-8-13(9,2)3/h7,9H,4-6,8H2,1-3H3,(H,14,15)(H,16,17). The van der Waals surface area contributed by atoms with Crippen LogP contribution in [0.25, 0.3) is 0 Å². The van der Waals surface area contributed by atoms with Crippen LogP contribution in [0.3, 0.4) is 0 Å². The summed E-state index contributed by atoms with van der Waals surface area (Å²) in [4.78, 5) is 22.7. The van der Waals surface area contributed by atoms with Gasteiger partial charge in [-0.1, -0.05) is 33.3 Å². The Bertz CT molecular complexity index is 345. The molecule has 1 aliphatic rings. The number of unbranched alkanes of at least 4 members (excludes halogenated alkanes) is 2. The molecule has 1 rings (SSSR count). The minimum Gasteiger partial charge on any atom is -0.477 e. The van der Waals surface area contributed by atoms with Crippen LogP contribution in [0.15, 0.2) is 11.8 Å². The van der Waals surface area contributed by atoms with Crippen molar-refractivity contribution < 1.29 is 14.7 Å². The molecule has 4 nitrogen and oxygen atoms in total. The number of rotatable bonds is 6. The Labute approximate surface area is 102 Å². The van der Waals surface area contributed by atoms with Crippen LogP contribution in [0.4, 0.5) is 0 Å². The molecule has 1 amide bonds. The molecule has 17 heavy (non-hydrogen) atoms. The lowest BCUT2D eigenvalue weighted by molar-refractivity contribution is -0.135. The first-order valence-corrected chi connectivity index (χ1v) is 6.13. The molecular formula is C13H21NO3. The molecule has 0 heterocycles. The van der Waals surface area contributed by atoms with Gasteiger partial charge >= 0.3 is 5.97 Å². The summed E-state index contributed by atoms with van der Waals surface area (Å²) < 4.78 is 0. The Hall–Kier alpha value is -1.32. The zero-order valence-corrected chi connectivity index (χ0v) is 10.7. The van der Waals surface area contributed by atoms with Gasteiger partial charge in [0.1, 0.15) is 5.70 Å². The van der Waals surface area contributed by atoms with Crippen molar-refractivity contribution in [3.8, 4) is 0 Å². The number of allylic oxidation sites excluding steroid dienone is 1. The van der Waals surface area contributed by atoms with Crippen LogP contribution in [0.2, 0.25) is 0 Å². The first-order chi connectivity index (χ1) is 7.88. The molecule has 0 aliphatic heterocycles. The van der Waals surface area contributed by atoms with Crippen LogP contribution in [0, 0.1) is 11.3 Å². The summed E-state index contributed by atoms with van der Waals surface area (Å²) in [6.07, 6.45) is 5.06. The molecule has 0 aromatic carbocycles. The van der Waals surface area contributed by atoms with Crippen molar-refractivity contribution in [2.75, 3.05) is 0 Å². The van der Waals surface area contributed by atoms with E-state index in [-0.39, 0.29) is 22.9 Å². The summed E-state index contributed by atoms with van der Waals surface area (Å²) in [5.74, 6) is -1.27. The molecular weight excluding hydrogens is 218 g/mol. The van der Waals surface area contributed by atoms with Gasteiger partial charge in [0.2, 0.25) is 5.91 Å². The Morgan fingerprint density at radius 1 is 1.47 bits per heavy atom. The Morgan fingerprint density at radius 2 is 2.06 bits per heavy atom. The summed E-state index contributed by atoms with van der Waals surface area (Å²) in [5, 5.41) is 11.5. The van der Waals surface area contributed by atoms with Gasteiger partial charge in [0, 0.05) is 5.92 Å². The fourth-order valence-corrected chi connectivity index (χ4v) is 1.78. The van der Waals surface area contributed by atoms with Crippen LogP contribution in [-0.4, -0.2) is 17.0 Å². The SMILES string of the molecule is CCCCC=C(NC(=O)C1CC1(C)C)C(=O)O. The molecule has 1 aliphatic carbocycles. The van der Waals surface area contributed by atoms with E-state index in [1.54, 1.807) is 6.08 Å². The molecule has 0 saturated heterocycles. The summed E-state index contributed by atoms with van der Waals surface area (Å²) in [7, 11) is 0. The number of aliphatic carboxylic acids is 1. The topological polar surface area (TPSA) is 66.4 Å². The normalized spacial score (nSPS) is 22.1. The number of carbonyl (C=O) groups is 2. The van der Waals surface area contributed by atoms with Gasteiger partial charge < -0.3 is 10.4 Å². The smallest absolute Gasteiger partial charge is 0.352 e. The zero-order valence-electron chi connectivity index (χ0n) is 10.7. The first-order valence-electron chi connectivity index (χ1n) is 6.13. The van der Waals surface area contributed by atoms with E-state index in [4.69, 9.17) is 5.11 Å². The van der Waals surface area contributed by atoms with Gasteiger partial charge in [-0.3, -0.25) is 4.79 Å².